The van der Waals surface area contributed by atoms with Gasteiger partial charge in [0.1, 0.15) is 17.5 Å². The van der Waals surface area contributed by atoms with Crippen LogP contribution in [0.15, 0.2) is 48.5 Å². The summed E-state index contributed by atoms with van der Waals surface area (Å²) in [4.78, 5) is 28.0. The van der Waals surface area contributed by atoms with Gasteiger partial charge in [-0.15, -0.1) is 0 Å². The summed E-state index contributed by atoms with van der Waals surface area (Å²) in [5.41, 5.74) is 2.19. The van der Waals surface area contributed by atoms with E-state index >= 15 is 0 Å². The Morgan fingerprint density at radius 3 is 2.29 bits per heavy atom. The van der Waals surface area contributed by atoms with Gasteiger partial charge in [-0.25, -0.2) is 0 Å². The number of carbonyl (C=O) groups excluding carboxylic acids is 2. The number of amides is 2. The second-order valence-corrected chi connectivity index (χ2v) is 9.15. The molecule has 0 aromatic heterocycles. The summed E-state index contributed by atoms with van der Waals surface area (Å²) in [6, 6.07) is 15.2. The normalized spacial score (nSPS) is 14.8. The van der Waals surface area contributed by atoms with Crippen molar-refractivity contribution in [3.8, 4) is 11.5 Å². The van der Waals surface area contributed by atoms with Gasteiger partial charge in [-0.2, -0.15) is 0 Å². The third kappa shape index (κ3) is 7.79. The molecule has 1 atom stereocenters. The minimum absolute atomic E-state index is 0.0369. The molecule has 1 saturated carbocycles. The van der Waals surface area contributed by atoms with Crippen LogP contribution < -0.4 is 14.8 Å². The van der Waals surface area contributed by atoms with Crippen molar-refractivity contribution in [3.05, 3.63) is 59.7 Å². The molecule has 34 heavy (non-hydrogen) atoms. The largest absolute Gasteiger partial charge is 0.497 e. The first-order valence-electron chi connectivity index (χ1n) is 12.4. The molecule has 1 fully saturated rings. The van der Waals surface area contributed by atoms with E-state index in [1.165, 1.54) is 12.0 Å². The summed E-state index contributed by atoms with van der Waals surface area (Å²) in [5.74, 6) is 1.41. The van der Waals surface area contributed by atoms with Gasteiger partial charge in [-0.05, 0) is 62.9 Å². The van der Waals surface area contributed by atoms with Crippen molar-refractivity contribution in [2.45, 2.75) is 77.4 Å². The maximum absolute atomic E-state index is 13.2. The molecule has 0 radical (unpaired) electrons. The molecule has 6 heteroatoms. The molecular weight excluding hydrogens is 428 g/mol. The van der Waals surface area contributed by atoms with E-state index in [2.05, 4.69) is 5.32 Å². The lowest BCUT2D eigenvalue weighted by molar-refractivity contribution is -0.141. The van der Waals surface area contributed by atoms with Crippen LogP contribution in [0, 0.1) is 6.92 Å². The van der Waals surface area contributed by atoms with Crippen LogP contribution in [-0.2, 0) is 16.1 Å². The molecule has 184 valence electrons. The van der Waals surface area contributed by atoms with Crippen LogP contribution in [0.4, 0.5) is 0 Å². The Morgan fingerprint density at radius 1 is 1.00 bits per heavy atom. The summed E-state index contributed by atoms with van der Waals surface area (Å²) < 4.78 is 10.9. The minimum Gasteiger partial charge on any atom is -0.497 e. The first-order chi connectivity index (χ1) is 16.5. The van der Waals surface area contributed by atoms with Gasteiger partial charge in [-0.3, -0.25) is 9.59 Å². The molecule has 0 saturated heterocycles. The van der Waals surface area contributed by atoms with Gasteiger partial charge < -0.3 is 19.7 Å². The van der Waals surface area contributed by atoms with E-state index < -0.39 is 6.04 Å². The van der Waals surface area contributed by atoms with Gasteiger partial charge in [0.15, 0.2) is 0 Å². The number of nitrogens with zero attached hydrogens (tertiary/aromatic N) is 1. The minimum atomic E-state index is -0.529. The quantitative estimate of drug-likeness (QED) is 0.472. The highest BCUT2D eigenvalue weighted by Crippen LogP contribution is 2.20. The van der Waals surface area contributed by atoms with Crippen molar-refractivity contribution in [3.63, 3.8) is 0 Å². The van der Waals surface area contributed by atoms with Gasteiger partial charge in [0, 0.05) is 19.0 Å². The number of methoxy groups -OCH3 is 1. The van der Waals surface area contributed by atoms with Crippen molar-refractivity contribution in [2.75, 3.05) is 13.7 Å². The Balaban J connectivity index is 1.58. The molecule has 0 aliphatic heterocycles. The molecule has 2 aromatic carbocycles. The van der Waals surface area contributed by atoms with Crippen LogP contribution in [0.3, 0.4) is 0 Å². The van der Waals surface area contributed by atoms with Crippen LogP contribution in [0.5, 0.6) is 11.5 Å². The Labute approximate surface area is 203 Å². The van der Waals surface area contributed by atoms with Gasteiger partial charge >= 0.3 is 0 Å². The van der Waals surface area contributed by atoms with E-state index in [0.717, 1.165) is 42.7 Å². The number of rotatable bonds is 11. The van der Waals surface area contributed by atoms with E-state index in [9.17, 15) is 9.59 Å². The zero-order valence-corrected chi connectivity index (χ0v) is 20.7. The number of benzene rings is 2. The molecule has 2 aromatic rings. The Morgan fingerprint density at radius 2 is 1.65 bits per heavy atom. The summed E-state index contributed by atoms with van der Waals surface area (Å²) in [7, 11) is 1.63. The van der Waals surface area contributed by atoms with Crippen LogP contribution in [0.1, 0.15) is 63.0 Å². The van der Waals surface area contributed by atoms with Crippen molar-refractivity contribution < 1.29 is 19.1 Å². The summed E-state index contributed by atoms with van der Waals surface area (Å²) >= 11 is 0. The van der Waals surface area contributed by atoms with Crippen LogP contribution >= 0.6 is 0 Å². The van der Waals surface area contributed by atoms with Crippen LogP contribution in [0.2, 0.25) is 0 Å². The van der Waals surface area contributed by atoms with Gasteiger partial charge in [0.25, 0.3) is 0 Å². The number of nitrogens with one attached hydrogen (secondary N) is 1. The molecule has 0 spiro atoms. The first kappa shape index (κ1) is 25.6. The van der Waals surface area contributed by atoms with Crippen molar-refractivity contribution >= 4 is 11.8 Å². The van der Waals surface area contributed by atoms with Crippen molar-refractivity contribution in [1.29, 1.82) is 0 Å². The number of carbonyl (C=O) groups is 2. The second-order valence-electron chi connectivity index (χ2n) is 9.15. The zero-order chi connectivity index (χ0) is 24.3. The SMILES string of the molecule is COc1ccc(OCCCC(=O)N(Cc2ccc(C)cc2)[C@@H](C)C(=O)NC2CCCCC2)cc1. The standard InChI is InChI=1S/C28H38N2O4/c1-21-11-13-23(14-12-21)20-30(22(2)28(32)29-24-8-5-4-6-9-24)27(31)10-7-19-34-26-17-15-25(33-3)16-18-26/h11-18,22,24H,4-10,19-20H2,1-3H3,(H,29,32)/t22-/m0/s1. The molecule has 0 heterocycles. The lowest BCUT2D eigenvalue weighted by Crippen LogP contribution is -2.50. The summed E-state index contributed by atoms with van der Waals surface area (Å²) in [6.07, 6.45) is 6.48. The van der Waals surface area contributed by atoms with Gasteiger partial charge in [0.05, 0.1) is 13.7 Å². The second kappa shape index (κ2) is 13.0. The Kier molecular flexibility index (Phi) is 9.80. The van der Waals surface area contributed by atoms with Crippen LogP contribution in [0.25, 0.3) is 0 Å². The maximum atomic E-state index is 13.2. The van der Waals surface area contributed by atoms with E-state index in [-0.39, 0.29) is 17.9 Å². The highest BCUT2D eigenvalue weighted by molar-refractivity contribution is 5.87. The fourth-order valence-corrected chi connectivity index (χ4v) is 4.27. The Hall–Kier alpha value is -3.02. The van der Waals surface area contributed by atoms with Crippen molar-refractivity contribution in [1.82, 2.24) is 10.2 Å². The monoisotopic (exact) mass is 466 g/mol. The van der Waals surface area contributed by atoms with Gasteiger partial charge in [0.2, 0.25) is 11.8 Å². The predicted octanol–water partition coefficient (Wildman–Crippen LogP) is 5.03. The number of aryl methyl sites for hydroxylation is 1. The number of ether oxygens (including phenoxy) is 2. The molecule has 6 nitrogen and oxygen atoms in total. The van der Waals surface area contributed by atoms with Gasteiger partial charge in [-0.1, -0.05) is 49.1 Å². The summed E-state index contributed by atoms with van der Waals surface area (Å²) in [5, 5.41) is 3.18. The van der Waals surface area contributed by atoms with E-state index in [1.54, 1.807) is 12.0 Å². The van der Waals surface area contributed by atoms with E-state index in [1.807, 2.05) is 62.4 Å². The third-order valence-corrected chi connectivity index (χ3v) is 6.46. The molecule has 3 rings (SSSR count). The van der Waals surface area contributed by atoms with Crippen LogP contribution in [-0.4, -0.2) is 42.5 Å². The average Bonchev–Trinajstić information content (AvgIpc) is 2.86. The fourth-order valence-electron chi connectivity index (χ4n) is 4.27. The van der Waals surface area contributed by atoms with Crippen molar-refractivity contribution in [2.24, 2.45) is 0 Å². The first-order valence-corrected chi connectivity index (χ1v) is 12.4. The predicted molar refractivity (Wildman–Crippen MR) is 134 cm³/mol. The fraction of sp³-hybridized carbons (Fsp3) is 0.500. The zero-order valence-electron chi connectivity index (χ0n) is 20.7. The topological polar surface area (TPSA) is 67.9 Å². The van der Waals surface area contributed by atoms with E-state index in [4.69, 9.17) is 9.47 Å². The molecule has 0 bridgehead atoms. The lowest BCUT2D eigenvalue weighted by atomic mass is 9.95. The third-order valence-electron chi connectivity index (χ3n) is 6.46. The van der Waals surface area contributed by atoms with E-state index in [0.29, 0.717) is 26.0 Å². The smallest absolute Gasteiger partial charge is 0.242 e. The highest BCUT2D eigenvalue weighted by Gasteiger charge is 2.27. The summed E-state index contributed by atoms with van der Waals surface area (Å²) in [6.45, 7) is 4.71. The molecule has 2 amide bonds. The highest BCUT2D eigenvalue weighted by atomic mass is 16.5. The average molecular weight is 467 g/mol. The molecule has 1 aliphatic rings. The number of hydrogen-bond donors (Lipinski definition) is 1. The molecule has 0 unspecified atom stereocenters. The molecule has 1 N–H and O–H groups in total. The lowest BCUT2D eigenvalue weighted by Gasteiger charge is -2.31. The molecule has 1 aliphatic carbocycles. The maximum Gasteiger partial charge on any atom is 0.242 e. The number of hydrogen-bond acceptors (Lipinski definition) is 4. The molecular formula is C28H38N2O4. The Bertz CT molecular complexity index is 905.